The third-order valence-corrected chi connectivity index (χ3v) is 1.77. The van der Waals surface area contributed by atoms with E-state index < -0.39 is 0 Å². The third kappa shape index (κ3) is 1.19. The Morgan fingerprint density at radius 2 is 2.18 bits per heavy atom. The fourth-order valence-corrected chi connectivity index (χ4v) is 0.936. The summed E-state index contributed by atoms with van der Waals surface area (Å²) in [4.78, 5) is 0. The summed E-state index contributed by atoms with van der Waals surface area (Å²) in [5.74, 6) is 5.39. The smallest absolute Gasteiger partial charge is 0.166 e. The van der Waals surface area contributed by atoms with E-state index in [2.05, 4.69) is 5.10 Å². The summed E-state index contributed by atoms with van der Waals surface area (Å²) in [5.41, 5.74) is 7.50. The molecule has 1 aromatic rings. The standard InChI is InChI=1S/C7H12N4/c1-5-3-4-6(11(5)2)7(8)10-9/h3-4H,9H2,1-2H3,(H2,8,10). The second-order valence-electron chi connectivity index (χ2n) is 2.43. The molecule has 0 spiro atoms. The molecular weight excluding hydrogens is 140 g/mol. The molecule has 4 N–H and O–H groups in total. The molecule has 0 aliphatic carbocycles. The van der Waals surface area contributed by atoms with Crippen molar-refractivity contribution in [2.75, 3.05) is 0 Å². The molecule has 4 heteroatoms. The van der Waals surface area contributed by atoms with E-state index in [1.807, 2.05) is 30.7 Å². The van der Waals surface area contributed by atoms with E-state index in [4.69, 9.17) is 11.6 Å². The van der Waals surface area contributed by atoms with E-state index in [1.165, 1.54) is 0 Å². The molecule has 0 amide bonds. The number of aromatic nitrogens is 1. The van der Waals surface area contributed by atoms with Crippen LogP contribution in [0.25, 0.3) is 0 Å². The second-order valence-corrected chi connectivity index (χ2v) is 2.43. The molecule has 0 fully saturated rings. The Hall–Kier alpha value is -1.45. The molecule has 1 heterocycles. The molecule has 1 rings (SSSR count). The largest absolute Gasteiger partial charge is 0.381 e. The molecule has 0 atom stereocenters. The summed E-state index contributed by atoms with van der Waals surface area (Å²) in [7, 11) is 1.92. The average Bonchev–Trinajstić information content (AvgIpc) is 2.32. The highest BCUT2D eigenvalue weighted by Crippen LogP contribution is 2.04. The van der Waals surface area contributed by atoms with Crippen LogP contribution < -0.4 is 11.6 Å². The van der Waals surface area contributed by atoms with Crippen LogP contribution in [-0.4, -0.2) is 10.4 Å². The zero-order valence-electron chi connectivity index (χ0n) is 6.70. The van der Waals surface area contributed by atoms with Crippen molar-refractivity contribution in [3.63, 3.8) is 0 Å². The first-order valence-electron chi connectivity index (χ1n) is 3.33. The lowest BCUT2D eigenvalue weighted by atomic mass is 10.4. The van der Waals surface area contributed by atoms with Gasteiger partial charge in [-0.15, -0.1) is 0 Å². The average molecular weight is 152 g/mol. The van der Waals surface area contributed by atoms with Crippen molar-refractivity contribution < 1.29 is 0 Å². The summed E-state index contributed by atoms with van der Waals surface area (Å²) in [6.45, 7) is 1.99. The van der Waals surface area contributed by atoms with Gasteiger partial charge in [0.25, 0.3) is 0 Å². The van der Waals surface area contributed by atoms with Gasteiger partial charge < -0.3 is 16.1 Å². The molecule has 0 saturated carbocycles. The molecule has 0 aliphatic heterocycles. The highest BCUT2D eigenvalue weighted by atomic mass is 15.2. The van der Waals surface area contributed by atoms with Crippen LogP contribution in [0.1, 0.15) is 11.4 Å². The van der Waals surface area contributed by atoms with Crippen LogP contribution in [-0.2, 0) is 7.05 Å². The van der Waals surface area contributed by atoms with Crippen molar-refractivity contribution in [3.8, 4) is 0 Å². The molecule has 4 nitrogen and oxygen atoms in total. The number of nitrogens with zero attached hydrogens (tertiary/aromatic N) is 2. The molecule has 60 valence electrons. The Morgan fingerprint density at radius 3 is 2.55 bits per heavy atom. The molecule has 11 heavy (non-hydrogen) atoms. The van der Waals surface area contributed by atoms with Gasteiger partial charge in [-0.3, -0.25) is 0 Å². The molecular formula is C7H12N4. The highest BCUT2D eigenvalue weighted by Gasteiger charge is 2.03. The predicted octanol–water partition coefficient (Wildman–Crippen LogP) is -0.0875. The van der Waals surface area contributed by atoms with Crippen LogP contribution in [0, 0.1) is 6.92 Å². The number of aryl methyl sites for hydroxylation is 1. The maximum absolute atomic E-state index is 5.51. The van der Waals surface area contributed by atoms with Crippen LogP contribution in [0.3, 0.4) is 0 Å². The van der Waals surface area contributed by atoms with Crippen molar-refractivity contribution in [3.05, 3.63) is 23.5 Å². The van der Waals surface area contributed by atoms with E-state index in [9.17, 15) is 0 Å². The number of nitrogens with two attached hydrogens (primary N) is 2. The fourth-order valence-electron chi connectivity index (χ4n) is 0.936. The first-order valence-corrected chi connectivity index (χ1v) is 3.33. The minimum absolute atomic E-state index is 0.362. The monoisotopic (exact) mass is 152 g/mol. The highest BCUT2D eigenvalue weighted by molar-refractivity contribution is 5.95. The van der Waals surface area contributed by atoms with Gasteiger partial charge in [-0.25, -0.2) is 0 Å². The minimum atomic E-state index is 0.362. The lowest BCUT2D eigenvalue weighted by molar-refractivity contribution is 0.868. The van der Waals surface area contributed by atoms with Gasteiger partial charge in [0.2, 0.25) is 0 Å². The van der Waals surface area contributed by atoms with Gasteiger partial charge in [0, 0.05) is 12.7 Å². The van der Waals surface area contributed by atoms with E-state index in [0.717, 1.165) is 11.4 Å². The first-order chi connectivity index (χ1) is 5.16. The number of hydrogen-bond donors (Lipinski definition) is 2. The lowest BCUT2D eigenvalue weighted by Gasteiger charge is -2.02. The van der Waals surface area contributed by atoms with Crippen LogP contribution >= 0.6 is 0 Å². The first kappa shape index (κ1) is 7.65. The number of rotatable bonds is 1. The van der Waals surface area contributed by atoms with Gasteiger partial charge in [-0.05, 0) is 19.1 Å². The molecule has 0 aliphatic rings. The van der Waals surface area contributed by atoms with Crippen LogP contribution in [0.4, 0.5) is 0 Å². The van der Waals surface area contributed by atoms with Gasteiger partial charge in [-0.1, -0.05) is 0 Å². The predicted molar refractivity (Wildman–Crippen MR) is 45.1 cm³/mol. The summed E-state index contributed by atoms with van der Waals surface area (Å²) in [6.07, 6.45) is 0. The maximum Gasteiger partial charge on any atom is 0.166 e. The Morgan fingerprint density at radius 1 is 1.55 bits per heavy atom. The Labute approximate surface area is 65.5 Å². The summed E-state index contributed by atoms with van der Waals surface area (Å²) >= 11 is 0. The Kier molecular flexibility index (Phi) is 1.85. The van der Waals surface area contributed by atoms with E-state index in [1.54, 1.807) is 0 Å². The second kappa shape index (κ2) is 2.65. The van der Waals surface area contributed by atoms with Crippen molar-refractivity contribution in [1.82, 2.24) is 4.57 Å². The minimum Gasteiger partial charge on any atom is -0.381 e. The maximum atomic E-state index is 5.51. The number of amidine groups is 1. The van der Waals surface area contributed by atoms with Crippen molar-refractivity contribution in [2.45, 2.75) is 6.92 Å². The Bertz CT molecular complexity index is 285. The summed E-state index contributed by atoms with van der Waals surface area (Å²) < 4.78 is 1.94. The van der Waals surface area contributed by atoms with Crippen molar-refractivity contribution in [2.24, 2.45) is 23.7 Å². The normalized spacial score (nSPS) is 12.0. The molecule has 0 unspecified atom stereocenters. The van der Waals surface area contributed by atoms with Gasteiger partial charge in [0.15, 0.2) is 5.84 Å². The number of hydrogen-bond acceptors (Lipinski definition) is 2. The molecule has 0 bridgehead atoms. The quantitative estimate of drug-likeness (QED) is 0.255. The SMILES string of the molecule is Cc1ccc(C(N)=NN)n1C. The number of hydrazone groups is 1. The third-order valence-electron chi connectivity index (χ3n) is 1.77. The lowest BCUT2D eigenvalue weighted by Crippen LogP contribution is -2.19. The zero-order valence-corrected chi connectivity index (χ0v) is 6.70. The van der Waals surface area contributed by atoms with Crippen LogP contribution in [0.15, 0.2) is 17.2 Å². The Balaban J connectivity index is 3.15. The molecule has 0 aromatic carbocycles. The summed E-state index contributed by atoms with van der Waals surface area (Å²) in [6, 6.07) is 3.86. The molecule has 0 radical (unpaired) electrons. The van der Waals surface area contributed by atoms with Gasteiger partial charge in [-0.2, -0.15) is 5.10 Å². The van der Waals surface area contributed by atoms with Crippen molar-refractivity contribution >= 4 is 5.84 Å². The fraction of sp³-hybridized carbons (Fsp3) is 0.286. The van der Waals surface area contributed by atoms with E-state index >= 15 is 0 Å². The van der Waals surface area contributed by atoms with E-state index in [0.29, 0.717) is 5.84 Å². The topological polar surface area (TPSA) is 69.3 Å². The molecule has 1 aromatic heterocycles. The van der Waals surface area contributed by atoms with E-state index in [-0.39, 0.29) is 0 Å². The van der Waals surface area contributed by atoms with Crippen LogP contribution in [0.5, 0.6) is 0 Å². The summed E-state index contributed by atoms with van der Waals surface area (Å²) in [5, 5.41) is 3.41. The van der Waals surface area contributed by atoms with Gasteiger partial charge >= 0.3 is 0 Å². The van der Waals surface area contributed by atoms with Crippen molar-refractivity contribution in [1.29, 1.82) is 0 Å². The van der Waals surface area contributed by atoms with Crippen LogP contribution in [0.2, 0.25) is 0 Å². The van der Waals surface area contributed by atoms with Gasteiger partial charge in [0.1, 0.15) is 0 Å². The van der Waals surface area contributed by atoms with Gasteiger partial charge in [0.05, 0.1) is 5.69 Å². The zero-order chi connectivity index (χ0) is 8.43. The molecule has 0 saturated heterocycles.